The van der Waals surface area contributed by atoms with E-state index in [0.717, 1.165) is 35.9 Å². The molecule has 2 atom stereocenters. The second kappa shape index (κ2) is 8.83. The van der Waals surface area contributed by atoms with Crippen molar-refractivity contribution in [2.75, 3.05) is 5.32 Å². The highest BCUT2D eigenvalue weighted by atomic mass is 19.4. The minimum Gasteiger partial charge on any atom is -0.421 e. The molecule has 1 N–H and O–H groups in total. The number of aromatic nitrogens is 4. The third-order valence-electron chi connectivity index (χ3n) is 6.54. The maximum atomic E-state index is 12.6. The molecule has 36 heavy (non-hydrogen) atoms. The molecule has 7 nitrogen and oxygen atoms in total. The third-order valence-corrected chi connectivity index (χ3v) is 6.54. The standard InChI is InChI=1S/C26H28F3N5O2/c1-15-11-19(14-25(3,4)13-15)34-22-10-5-17(23-33-32-16(2)35-23)12-21(22)31-24(34)30-18-6-8-20(9-7-18)36-26(27,28)29/h5-10,12,15,19H,11,13-14H2,1-4H3,(H,30,31). The summed E-state index contributed by atoms with van der Waals surface area (Å²) >= 11 is 0. The maximum Gasteiger partial charge on any atom is 0.573 e. The first-order valence-electron chi connectivity index (χ1n) is 11.9. The van der Waals surface area contributed by atoms with E-state index < -0.39 is 6.36 Å². The van der Waals surface area contributed by atoms with Gasteiger partial charge in [-0.15, -0.1) is 23.4 Å². The van der Waals surface area contributed by atoms with Crippen LogP contribution in [0.25, 0.3) is 22.5 Å². The summed E-state index contributed by atoms with van der Waals surface area (Å²) in [7, 11) is 0. The molecule has 0 aliphatic heterocycles. The van der Waals surface area contributed by atoms with Crippen molar-refractivity contribution in [1.82, 2.24) is 19.7 Å². The molecule has 4 aromatic rings. The predicted octanol–water partition coefficient (Wildman–Crippen LogP) is 7.42. The van der Waals surface area contributed by atoms with Crippen LogP contribution in [-0.4, -0.2) is 26.1 Å². The van der Waals surface area contributed by atoms with Crippen molar-refractivity contribution in [2.24, 2.45) is 11.3 Å². The molecule has 0 radical (unpaired) electrons. The van der Waals surface area contributed by atoms with Crippen LogP contribution in [0.5, 0.6) is 5.75 Å². The predicted molar refractivity (Wildman–Crippen MR) is 130 cm³/mol. The number of hydrogen-bond acceptors (Lipinski definition) is 6. The van der Waals surface area contributed by atoms with Gasteiger partial charge in [0.1, 0.15) is 5.75 Å². The Morgan fingerprint density at radius 2 is 1.83 bits per heavy atom. The zero-order valence-electron chi connectivity index (χ0n) is 20.6. The van der Waals surface area contributed by atoms with Gasteiger partial charge in [0.05, 0.1) is 11.0 Å². The Morgan fingerprint density at radius 3 is 2.47 bits per heavy atom. The minimum absolute atomic E-state index is 0.175. The van der Waals surface area contributed by atoms with E-state index in [0.29, 0.717) is 29.3 Å². The van der Waals surface area contributed by atoms with Crippen LogP contribution >= 0.6 is 0 Å². The summed E-state index contributed by atoms with van der Waals surface area (Å²) in [6, 6.07) is 11.7. The highest BCUT2D eigenvalue weighted by molar-refractivity contribution is 5.84. The first-order chi connectivity index (χ1) is 17.0. The van der Waals surface area contributed by atoms with Gasteiger partial charge >= 0.3 is 6.36 Å². The summed E-state index contributed by atoms with van der Waals surface area (Å²) in [5.74, 6) is 1.80. The first kappa shape index (κ1) is 24.1. The number of anilines is 2. The number of ether oxygens (including phenoxy) is 1. The van der Waals surface area contributed by atoms with Gasteiger partial charge in [0.25, 0.3) is 0 Å². The lowest BCUT2D eigenvalue weighted by Crippen LogP contribution is -2.29. The lowest BCUT2D eigenvalue weighted by molar-refractivity contribution is -0.274. The van der Waals surface area contributed by atoms with Gasteiger partial charge in [-0.3, -0.25) is 0 Å². The molecule has 0 saturated heterocycles. The molecular formula is C26H28F3N5O2. The number of aryl methyl sites for hydroxylation is 1. The molecule has 190 valence electrons. The molecule has 1 aliphatic carbocycles. The Kier molecular flexibility index (Phi) is 5.92. The van der Waals surface area contributed by atoms with Crippen molar-refractivity contribution in [3.05, 3.63) is 48.4 Å². The molecule has 1 fully saturated rings. The monoisotopic (exact) mass is 499 g/mol. The summed E-state index contributed by atoms with van der Waals surface area (Å²) in [5.41, 5.74) is 3.28. The van der Waals surface area contributed by atoms with Crippen LogP contribution in [0.2, 0.25) is 0 Å². The van der Waals surface area contributed by atoms with Gasteiger partial charge in [-0.1, -0.05) is 20.8 Å². The van der Waals surface area contributed by atoms with Crippen molar-refractivity contribution in [1.29, 1.82) is 0 Å². The van der Waals surface area contributed by atoms with Crippen LogP contribution in [0.4, 0.5) is 24.8 Å². The lowest BCUT2D eigenvalue weighted by Gasteiger charge is -2.40. The molecule has 2 aromatic heterocycles. The average Bonchev–Trinajstić information content (AvgIpc) is 3.35. The number of imidazole rings is 1. The van der Waals surface area contributed by atoms with E-state index in [4.69, 9.17) is 9.40 Å². The molecule has 0 amide bonds. The van der Waals surface area contributed by atoms with Gasteiger partial charge in [0.2, 0.25) is 17.7 Å². The molecule has 5 rings (SSSR count). The molecule has 2 aromatic carbocycles. The fourth-order valence-electron chi connectivity index (χ4n) is 5.46. The van der Waals surface area contributed by atoms with Crippen LogP contribution in [0, 0.1) is 18.3 Å². The van der Waals surface area contributed by atoms with E-state index >= 15 is 0 Å². The molecule has 0 spiro atoms. The van der Waals surface area contributed by atoms with Gasteiger partial charge in [0.15, 0.2) is 0 Å². The molecule has 2 unspecified atom stereocenters. The molecule has 10 heteroatoms. The molecule has 2 heterocycles. The Balaban J connectivity index is 1.54. The van der Waals surface area contributed by atoms with Gasteiger partial charge in [-0.05, 0) is 73.1 Å². The van der Waals surface area contributed by atoms with Crippen LogP contribution in [0.15, 0.2) is 46.9 Å². The quantitative estimate of drug-likeness (QED) is 0.308. The van der Waals surface area contributed by atoms with Crippen molar-refractivity contribution in [3.8, 4) is 17.2 Å². The summed E-state index contributed by atoms with van der Waals surface area (Å²) in [5, 5.41) is 11.3. The number of rotatable bonds is 5. The zero-order valence-corrected chi connectivity index (χ0v) is 20.6. The highest BCUT2D eigenvalue weighted by Gasteiger charge is 2.35. The second-order valence-corrected chi connectivity index (χ2v) is 10.4. The Hall–Kier alpha value is -3.56. The molecular weight excluding hydrogens is 471 g/mol. The normalized spacial score (nSPS) is 20.0. The van der Waals surface area contributed by atoms with Gasteiger partial charge in [0, 0.05) is 24.2 Å². The Morgan fingerprint density at radius 1 is 1.08 bits per heavy atom. The Labute approximate surface area is 206 Å². The topological polar surface area (TPSA) is 78.0 Å². The number of alkyl halides is 3. The highest BCUT2D eigenvalue weighted by Crippen LogP contribution is 2.46. The molecule has 0 bridgehead atoms. The minimum atomic E-state index is -4.73. The number of fused-ring (bicyclic) bond motifs is 1. The van der Waals surface area contributed by atoms with E-state index in [1.807, 2.05) is 18.2 Å². The van der Waals surface area contributed by atoms with Crippen LogP contribution < -0.4 is 10.1 Å². The van der Waals surface area contributed by atoms with Crippen LogP contribution in [0.1, 0.15) is 52.0 Å². The summed E-state index contributed by atoms with van der Waals surface area (Å²) in [4.78, 5) is 4.88. The third kappa shape index (κ3) is 5.17. The molecule has 1 aliphatic rings. The maximum absolute atomic E-state index is 12.6. The summed E-state index contributed by atoms with van der Waals surface area (Å²) in [6.07, 6.45) is -1.59. The smallest absolute Gasteiger partial charge is 0.421 e. The average molecular weight is 500 g/mol. The molecule has 1 saturated carbocycles. The van der Waals surface area contributed by atoms with Crippen LogP contribution in [0.3, 0.4) is 0 Å². The van der Waals surface area contributed by atoms with Crippen molar-refractivity contribution < 1.29 is 22.3 Å². The van der Waals surface area contributed by atoms with Gasteiger partial charge < -0.3 is 19.0 Å². The number of nitrogens with one attached hydrogen (secondary N) is 1. The SMILES string of the molecule is Cc1nnc(-c2ccc3c(c2)nc(Nc2ccc(OC(F)(F)F)cc2)n3C2CC(C)CC(C)(C)C2)o1. The van der Waals surface area contributed by atoms with E-state index in [2.05, 4.69) is 45.6 Å². The van der Waals surface area contributed by atoms with Crippen molar-refractivity contribution in [2.45, 2.75) is 59.4 Å². The number of benzene rings is 2. The lowest BCUT2D eigenvalue weighted by atomic mass is 9.70. The first-order valence-corrected chi connectivity index (χ1v) is 11.9. The van der Waals surface area contributed by atoms with E-state index in [1.165, 1.54) is 12.1 Å². The van der Waals surface area contributed by atoms with Crippen molar-refractivity contribution >= 4 is 22.7 Å². The van der Waals surface area contributed by atoms with Crippen molar-refractivity contribution in [3.63, 3.8) is 0 Å². The number of halogens is 3. The van der Waals surface area contributed by atoms with Crippen LogP contribution in [-0.2, 0) is 0 Å². The zero-order chi connectivity index (χ0) is 25.7. The van der Waals surface area contributed by atoms with E-state index in [-0.39, 0.29) is 17.2 Å². The fourth-order valence-corrected chi connectivity index (χ4v) is 5.46. The number of nitrogens with zero attached hydrogens (tertiary/aromatic N) is 4. The van der Waals surface area contributed by atoms with E-state index in [9.17, 15) is 13.2 Å². The van der Waals surface area contributed by atoms with Gasteiger partial charge in [-0.2, -0.15) is 0 Å². The van der Waals surface area contributed by atoms with E-state index in [1.54, 1.807) is 19.1 Å². The second-order valence-electron chi connectivity index (χ2n) is 10.4. The van der Waals surface area contributed by atoms with Gasteiger partial charge in [-0.25, -0.2) is 4.98 Å². The fraction of sp³-hybridized carbons (Fsp3) is 0.423. The Bertz CT molecular complexity index is 1370. The summed E-state index contributed by atoms with van der Waals surface area (Å²) < 4.78 is 49.5. The largest absolute Gasteiger partial charge is 0.573 e. The summed E-state index contributed by atoms with van der Waals surface area (Å²) in [6.45, 7) is 8.59. The number of hydrogen-bond donors (Lipinski definition) is 1.